The molecule has 0 aliphatic carbocycles. The summed E-state index contributed by atoms with van der Waals surface area (Å²) in [5.74, 6) is 1.27. The minimum atomic E-state index is -0.883. The number of halogens is 1. The molecule has 0 spiro atoms. The standard InChI is InChI=1S/C18H21N2OS.BrH/c1-14-7-2-3-8-15(14)19-13-18(21,16-9-6-12-22-16)20-11-5-4-10-17(19)20;/h2-3,6-9,12,21H,4-5,10-11,13H2,1H3;1H/q+1;/p-1. The summed E-state index contributed by atoms with van der Waals surface area (Å²) in [5, 5.41) is 13.5. The van der Waals surface area contributed by atoms with Crippen LogP contribution < -0.4 is 21.9 Å². The van der Waals surface area contributed by atoms with E-state index >= 15 is 0 Å². The van der Waals surface area contributed by atoms with Crippen LogP contribution in [0, 0.1) is 6.92 Å². The summed E-state index contributed by atoms with van der Waals surface area (Å²) in [7, 11) is 0. The van der Waals surface area contributed by atoms with Crippen LogP contribution in [0.5, 0.6) is 0 Å². The monoisotopic (exact) mass is 392 g/mol. The number of rotatable bonds is 2. The normalized spacial score (nSPS) is 23.7. The average Bonchev–Trinajstić information content (AvgIpc) is 3.16. The quantitative estimate of drug-likeness (QED) is 0.745. The Labute approximate surface area is 151 Å². The molecule has 1 aromatic heterocycles. The van der Waals surface area contributed by atoms with Gasteiger partial charge in [-0.05, 0) is 42.8 Å². The molecule has 1 atom stereocenters. The summed E-state index contributed by atoms with van der Waals surface area (Å²) in [6, 6.07) is 12.5. The molecular weight excluding hydrogens is 372 g/mol. The number of aliphatic hydroxyl groups is 1. The summed E-state index contributed by atoms with van der Waals surface area (Å²) < 4.78 is 2.23. The van der Waals surface area contributed by atoms with Gasteiger partial charge in [-0.1, -0.05) is 24.3 Å². The SMILES string of the molecule is Cc1ccccc1N1CC(O)(c2cccs2)[N+]2=C1CCCC2.[Br-]. The molecule has 0 fully saturated rings. The molecule has 2 aliphatic heterocycles. The van der Waals surface area contributed by atoms with E-state index in [4.69, 9.17) is 0 Å². The van der Waals surface area contributed by atoms with Gasteiger partial charge in [0.25, 0.3) is 11.6 Å². The smallest absolute Gasteiger partial charge is 0.280 e. The lowest BCUT2D eigenvalue weighted by molar-refractivity contribution is -0.660. The zero-order valence-electron chi connectivity index (χ0n) is 13.2. The number of thiophene rings is 1. The lowest BCUT2D eigenvalue weighted by Gasteiger charge is -2.22. The Morgan fingerprint density at radius 1 is 1.17 bits per heavy atom. The van der Waals surface area contributed by atoms with E-state index in [0.717, 1.165) is 24.3 Å². The van der Waals surface area contributed by atoms with Crippen molar-refractivity contribution in [3.63, 3.8) is 0 Å². The van der Waals surface area contributed by atoms with Crippen LogP contribution in [0.15, 0.2) is 41.8 Å². The van der Waals surface area contributed by atoms with Gasteiger partial charge in [0.05, 0.1) is 11.4 Å². The summed E-state index contributed by atoms with van der Waals surface area (Å²) >= 11 is 1.64. The third-order valence-electron chi connectivity index (χ3n) is 4.80. The van der Waals surface area contributed by atoms with Crippen molar-refractivity contribution in [2.75, 3.05) is 18.0 Å². The molecule has 1 aromatic carbocycles. The van der Waals surface area contributed by atoms with E-state index in [1.54, 1.807) is 11.3 Å². The lowest BCUT2D eigenvalue weighted by Crippen LogP contribution is -3.00. The van der Waals surface area contributed by atoms with Crippen molar-refractivity contribution >= 4 is 22.9 Å². The largest absolute Gasteiger partial charge is 1.00 e. The first-order valence-corrected chi connectivity index (χ1v) is 8.81. The van der Waals surface area contributed by atoms with E-state index in [1.807, 2.05) is 11.4 Å². The van der Waals surface area contributed by atoms with Gasteiger partial charge in [-0.3, -0.25) is 0 Å². The first kappa shape index (κ1) is 16.7. The number of aryl methyl sites for hydroxylation is 1. The van der Waals surface area contributed by atoms with Gasteiger partial charge in [-0.15, -0.1) is 11.3 Å². The van der Waals surface area contributed by atoms with Crippen LogP contribution in [-0.4, -0.2) is 28.6 Å². The van der Waals surface area contributed by atoms with Gasteiger partial charge in [0.2, 0.25) is 0 Å². The average molecular weight is 393 g/mol. The molecule has 4 rings (SSSR count). The molecule has 23 heavy (non-hydrogen) atoms. The number of nitrogens with zero attached hydrogens (tertiary/aromatic N) is 2. The summed E-state index contributed by atoms with van der Waals surface area (Å²) in [6.07, 6.45) is 3.40. The second-order valence-electron chi connectivity index (χ2n) is 6.19. The van der Waals surface area contributed by atoms with Crippen molar-refractivity contribution < 1.29 is 26.7 Å². The minimum Gasteiger partial charge on any atom is -1.00 e. The number of para-hydroxylation sites is 1. The van der Waals surface area contributed by atoms with Gasteiger partial charge in [0.15, 0.2) is 6.54 Å². The van der Waals surface area contributed by atoms with E-state index in [2.05, 4.69) is 46.7 Å². The molecule has 0 amide bonds. The van der Waals surface area contributed by atoms with Crippen molar-refractivity contribution in [1.82, 2.24) is 0 Å². The van der Waals surface area contributed by atoms with E-state index in [1.165, 1.54) is 23.5 Å². The van der Waals surface area contributed by atoms with Gasteiger partial charge in [0, 0.05) is 6.42 Å². The highest BCUT2D eigenvalue weighted by Crippen LogP contribution is 2.38. The number of benzene rings is 1. The number of hydrogen-bond donors (Lipinski definition) is 1. The third-order valence-corrected chi connectivity index (χ3v) is 5.81. The molecule has 1 unspecified atom stereocenters. The highest BCUT2D eigenvalue weighted by molar-refractivity contribution is 7.10. The van der Waals surface area contributed by atoms with Crippen molar-refractivity contribution in [2.45, 2.75) is 31.9 Å². The van der Waals surface area contributed by atoms with Gasteiger partial charge in [-0.25, -0.2) is 9.48 Å². The maximum Gasteiger partial charge on any atom is 0.280 e. The van der Waals surface area contributed by atoms with Crippen molar-refractivity contribution in [2.24, 2.45) is 0 Å². The Kier molecular flexibility index (Phi) is 4.63. The van der Waals surface area contributed by atoms with Crippen LogP contribution in [0.4, 0.5) is 5.69 Å². The Morgan fingerprint density at radius 3 is 2.74 bits per heavy atom. The van der Waals surface area contributed by atoms with E-state index in [9.17, 15) is 5.11 Å². The van der Waals surface area contributed by atoms with E-state index in [-0.39, 0.29) is 17.0 Å². The molecule has 2 aliphatic rings. The maximum absolute atomic E-state index is 11.4. The second kappa shape index (κ2) is 6.38. The van der Waals surface area contributed by atoms with E-state index < -0.39 is 5.72 Å². The first-order valence-electron chi connectivity index (χ1n) is 7.93. The fraction of sp³-hybridized carbons (Fsp3) is 0.389. The number of amidine groups is 1. The first-order chi connectivity index (χ1) is 10.7. The Bertz CT molecular complexity index is 728. The molecule has 122 valence electrons. The zero-order valence-corrected chi connectivity index (χ0v) is 15.6. The van der Waals surface area contributed by atoms with Crippen LogP contribution in [0.1, 0.15) is 29.7 Å². The predicted octanol–water partition coefficient (Wildman–Crippen LogP) is 0.321. The third kappa shape index (κ3) is 2.65. The zero-order chi connectivity index (χ0) is 15.2. The molecule has 0 bridgehead atoms. The highest BCUT2D eigenvalue weighted by atomic mass is 79.9. The van der Waals surface area contributed by atoms with Crippen molar-refractivity contribution in [1.29, 1.82) is 0 Å². The molecule has 2 aromatic rings. The minimum absolute atomic E-state index is 0. The van der Waals surface area contributed by atoms with Gasteiger partial charge < -0.3 is 22.1 Å². The number of hydrogen-bond acceptors (Lipinski definition) is 3. The summed E-state index contributed by atoms with van der Waals surface area (Å²) in [6.45, 7) is 3.70. The Balaban J connectivity index is 0.00000156. The highest BCUT2D eigenvalue weighted by Gasteiger charge is 2.53. The molecule has 1 N–H and O–H groups in total. The molecule has 0 saturated heterocycles. The summed E-state index contributed by atoms with van der Waals surface area (Å²) in [5.41, 5.74) is 1.60. The Hall–Kier alpha value is -1.17. The number of anilines is 1. The van der Waals surface area contributed by atoms with E-state index in [0.29, 0.717) is 6.54 Å². The molecule has 3 nitrogen and oxygen atoms in total. The topological polar surface area (TPSA) is 26.5 Å². The Morgan fingerprint density at radius 2 is 2.00 bits per heavy atom. The van der Waals surface area contributed by atoms with Crippen LogP contribution in [0.25, 0.3) is 0 Å². The van der Waals surface area contributed by atoms with Crippen LogP contribution in [0.2, 0.25) is 0 Å². The van der Waals surface area contributed by atoms with Crippen LogP contribution >= 0.6 is 11.3 Å². The molecular formula is C18H21BrN2OS. The molecule has 5 heteroatoms. The molecule has 0 radical (unpaired) electrons. The summed E-state index contributed by atoms with van der Waals surface area (Å²) in [4.78, 5) is 3.37. The van der Waals surface area contributed by atoms with Crippen LogP contribution in [-0.2, 0) is 5.72 Å². The lowest BCUT2D eigenvalue weighted by atomic mass is 10.1. The predicted molar refractivity (Wildman–Crippen MR) is 90.7 cm³/mol. The molecule has 3 heterocycles. The van der Waals surface area contributed by atoms with Gasteiger partial charge in [0.1, 0.15) is 5.69 Å². The van der Waals surface area contributed by atoms with Gasteiger partial charge >= 0.3 is 0 Å². The van der Waals surface area contributed by atoms with Crippen molar-refractivity contribution in [3.05, 3.63) is 52.2 Å². The van der Waals surface area contributed by atoms with Crippen LogP contribution in [0.3, 0.4) is 0 Å². The fourth-order valence-corrected chi connectivity index (χ4v) is 4.53. The van der Waals surface area contributed by atoms with Crippen molar-refractivity contribution in [3.8, 4) is 0 Å². The number of β-amino-alcohol motifs (C(OH)–C–C–N with tert-alkyl or cyclic N) is 1. The molecule has 0 saturated carbocycles. The maximum atomic E-state index is 11.4. The van der Waals surface area contributed by atoms with Gasteiger partial charge in [-0.2, -0.15) is 0 Å². The second-order valence-corrected chi connectivity index (χ2v) is 7.14. The fourth-order valence-electron chi connectivity index (χ4n) is 3.70.